The number of carbonyl (C=O) groups is 2. The van der Waals surface area contributed by atoms with Crippen LogP contribution in [0.1, 0.15) is 40.3 Å². The van der Waals surface area contributed by atoms with Crippen molar-refractivity contribution in [3.63, 3.8) is 0 Å². The maximum Gasteiger partial charge on any atom is 0.435 e. The van der Waals surface area contributed by atoms with Crippen molar-refractivity contribution in [3.8, 4) is 0 Å². The lowest BCUT2D eigenvalue weighted by molar-refractivity contribution is -0.141. The Morgan fingerprint density at radius 2 is 1.92 bits per heavy atom. The molecule has 0 aliphatic carbocycles. The number of hydroxylamine groups is 1. The summed E-state index contributed by atoms with van der Waals surface area (Å²) >= 11 is 0.485. The van der Waals surface area contributed by atoms with E-state index in [2.05, 4.69) is 10.3 Å². The summed E-state index contributed by atoms with van der Waals surface area (Å²) in [5.41, 5.74) is -0.208. The van der Waals surface area contributed by atoms with E-state index in [4.69, 9.17) is 5.21 Å². The molecule has 0 spiro atoms. The lowest BCUT2D eigenvalue weighted by atomic mass is 10.1. The zero-order valence-corrected chi connectivity index (χ0v) is 14.4. The van der Waals surface area contributed by atoms with E-state index in [0.29, 0.717) is 11.3 Å². The largest absolute Gasteiger partial charge is 0.435 e. The Kier molecular flexibility index (Phi) is 6.69. The summed E-state index contributed by atoms with van der Waals surface area (Å²) in [7, 11) is 3.36. The molecule has 1 heterocycles. The molecule has 1 atom stereocenters. The molecule has 7 nitrogen and oxygen atoms in total. The van der Waals surface area contributed by atoms with Crippen LogP contribution in [0.15, 0.2) is 0 Å². The number of hydrogen-bond donors (Lipinski definition) is 3. The van der Waals surface area contributed by atoms with Crippen LogP contribution < -0.4 is 10.8 Å². The summed E-state index contributed by atoms with van der Waals surface area (Å²) in [4.78, 5) is 27.7. The quantitative estimate of drug-likeness (QED) is 0.524. The van der Waals surface area contributed by atoms with Crippen molar-refractivity contribution < 1.29 is 28.0 Å². The number of aromatic nitrogens is 1. The second-order valence-electron chi connectivity index (χ2n) is 5.70. The molecule has 0 saturated carbocycles. The molecule has 0 saturated heterocycles. The molecule has 136 valence electrons. The van der Waals surface area contributed by atoms with Crippen LogP contribution in [0.4, 0.5) is 13.2 Å². The normalized spacial score (nSPS) is 13.2. The first kappa shape index (κ1) is 20.3. The monoisotopic (exact) mass is 368 g/mol. The van der Waals surface area contributed by atoms with E-state index in [-0.39, 0.29) is 23.4 Å². The van der Waals surface area contributed by atoms with Crippen molar-refractivity contribution >= 4 is 23.2 Å². The number of halogens is 3. The number of alkyl halides is 3. The van der Waals surface area contributed by atoms with Gasteiger partial charge in [0, 0.05) is 0 Å². The Bertz CT molecular complexity index is 602. The number of amides is 2. The molecule has 2 amide bonds. The van der Waals surface area contributed by atoms with Gasteiger partial charge in [-0.1, -0.05) is 13.8 Å². The van der Waals surface area contributed by atoms with Crippen LogP contribution in [-0.4, -0.2) is 47.5 Å². The average Bonchev–Trinajstić information content (AvgIpc) is 2.87. The molecular formula is C13H19F3N4O3S. The van der Waals surface area contributed by atoms with Gasteiger partial charge in [-0.2, -0.15) is 13.2 Å². The van der Waals surface area contributed by atoms with Crippen LogP contribution in [0.3, 0.4) is 0 Å². The molecule has 0 aromatic carbocycles. The number of hydrogen-bond acceptors (Lipinski definition) is 6. The molecule has 24 heavy (non-hydrogen) atoms. The zero-order chi connectivity index (χ0) is 18.7. The fraction of sp³-hybridized carbons (Fsp3) is 0.615. The maximum atomic E-state index is 13.0. The fourth-order valence-corrected chi connectivity index (χ4v) is 3.09. The molecule has 0 radical (unpaired) electrons. The Hall–Kier alpha value is -1.72. The molecule has 1 aromatic rings. The summed E-state index contributed by atoms with van der Waals surface area (Å²) in [5.74, 6) is -1.93. The Morgan fingerprint density at radius 1 is 1.33 bits per heavy atom. The molecular weight excluding hydrogens is 349 g/mol. The van der Waals surface area contributed by atoms with Gasteiger partial charge >= 0.3 is 6.18 Å². The van der Waals surface area contributed by atoms with E-state index >= 15 is 0 Å². The molecule has 0 aliphatic heterocycles. The van der Waals surface area contributed by atoms with Gasteiger partial charge in [-0.05, 0) is 20.0 Å². The third-order valence-electron chi connectivity index (χ3n) is 2.93. The smallest absolute Gasteiger partial charge is 0.345 e. The van der Waals surface area contributed by atoms with Crippen LogP contribution in [0.2, 0.25) is 0 Å². The second kappa shape index (κ2) is 7.90. The first-order valence-electron chi connectivity index (χ1n) is 6.93. The SMILES string of the molecule is CC(C)[C@H](NC(=O)CN(C)C)c1nc(C(F)(F)F)c(C(=O)NO)s1. The average molecular weight is 368 g/mol. The van der Waals surface area contributed by atoms with E-state index < -0.39 is 28.7 Å². The summed E-state index contributed by atoms with van der Waals surface area (Å²) in [6.07, 6.45) is -4.86. The predicted molar refractivity (Wildman–Crippen MR) is 80.6 cm³/mol. The van der Waals surface area contributed by atoms with Crippen molar-refractivity contribution in [3.05, 3.63) is 15.6 Å². The second-order valence-corrected chi connectivity index (χ2v) is 6.73. The standard InChI is InChI=1S/C13H19F3N4O3S/c1-6(2)8(17-7(21)5-20(3)4)12-18-10(13(14,15)16)9(24-12)11(22)19-23/h6,8,23H,5H2,1-4H3,(H,17,21)(H,19,22)/t8-/m0/s1. The lowest BCUT2D eigenvalue weighted by Crippen LogP contribution is -2.37. The van der Waals surface area contributed by atoms with Crippen molar-refractivity contribution in [1.29, 1.82) is 0 Å². The number of rotatable bonds is 6. The third kappa shape index (κ3) is 5.14. The first-order chi connectivity index (χ1) is 11.0. The topological polar surface area (TPSA) is 94.6 Å². The van der Waals surface area contributed by atoms with Crippen LogP contribution in [0.5, 0.6) is 0 Å². The molecule has 3 N–H and O–H groups in total. The van der Waals surface area contributed by atoms with E-state index in [1.54, 1.807) is 32.8 Å². The maximum absolute atomic E-state index is 13.0. The van der Waals surface area contributed by atoms with Crippen LogP contribution in [-0.2, 0) is 11.0 Å². The summed E-state index contributed by atoms with van der Waals surface area (Å²) < 4.78 is 39.1. The molecule has 1 rings (SSSR count). The van der Waals surface area contributed by atoms with Gasteiger partial charge in [0.25, 0.3) is 5.91 Å². The first-order valence-corrected chi connectivity index (χ1v) is 7.75. The van der Waals surface area contributed by atoms with Crippen molar-refractivity contribution in [2.45, 2.75) is 26.1 Å². The Balaban J connectivity index is 3.23. The molecule has 1 aromatic heterocycles. The van der Waals surface area contributed by atoms with Gasteiger partial charge in [-0.15, -0.1) is 11.3 Å². The highest BCUT2D eigenvalue weighted by Gasteiger charge is 2.40. The zero-order valence-electron chi connectivity index (χ0n) is 13.6. The fourth-order valence-electron chi connectivity index (χ4n) is 1.89. The van der Waals surface area contributed by atoms with Crippen molar-refractivity contribution in [2.24, 2.45) is 5.92 Å². The van der Waals surface area contributed by atoms with Gasteiger partial charge in [0.2, 0.25) is 5.91 Å². The number of likely N-dealkylation sites (N-methyl/N-ethyl adjacent to an activating group) is 1. The predicted octanol–water partition coefficient (Wildman–Crippen LogP) is 1.66. The number of carbonyl (C=O) groups excluding carboxylic acids is 2. The van der Waals surface area contributed by atoms with Gasteiger partial charge in [0.15, 0.2) is 5.69 Å². The summed E-state index contributed by atoms with van der Waals surface area (Å²) in [6.45, 7) is 3.48. The molecule has 0 bridgehead atoms. The molecule has 11 heteroatoms. The number of thiazole rings is 1. The highest BCUT2D eigenvalue weighted by Crippen LogP contribution is 2.37. The Labute approximate surface area is 140 Å². The number of nitrogens with one attached hydrogen (secondary N) is 2. The molecule has 0 fully saturated rings. The van der Waals surface area contributed by atoms with E-state index in [0.717, 1.165) is 0 Å². The van der Waals surface area contributed by atoms with E-state index in [9.17, 15) is 22.8 Å². The highest BCUT2D eigenvalue weighted by molar-refractivity contribution is 7.13. The molecule has 0 unspecified atom stereocenters. The third-order valence-corrected chi connectivity index (χ3v) is 4.07. The lowest BCUT2D eigenvalue weighted by Gasteiger charge is -2.21. The minimum absolute atomic E-state index is 0.0527. The minimum Gasteiger partial charge on any atom is -0.345 e. The highest BCUT2D eigenvalue weighted by atomic mass is 32.1. The van der Waals surface area contributed by atoms with Crippen LogP contribution >= 0.6 is 11.3 Å². The summed E-state index contributed by atoms with van der Waals surface area (Å²) in [6, 6.07) is -0.788. The van der Waals surface area contributed by atoms with Gasteiger partial charge in [0.05, 0.1) is 12.6 Å². The van der Waals surface area contributed by atoms with Gasteiger partial charge in [-0.3, -0.25) is 14.8 Å². The van der Waals surface area contributed by atoms with Gasteiger partial charge in [0.1, 0.15) is 9.88 Å². The van der Waals surface area contributed by atoms with Crippen LogP contribution in [0, 0.1) is 5.92 Å². The molecule has 0 aliphatic rings. The van der Waals surface area contributed by atoms with Crippen molar-refractivity contribution in [1.82, 2.24) is 20.7 Å². The summed E-state index contributed by atoms with van der Waals surface area (Å²) in [5, 5.41) is 11.2. The number of nitrogens with zero attached hydrogens (tertiary/aromatic N) is 2. The minimum atomic E-state index is -4.86. The van der Waals surface area contributed by atoms with Crippen molar-refractivity contribution in [2.75, 3.05) is 20.6 Å². The van der Waals surface area contributed by atoms with Gasteiger partial charge < -0.3 is 10.2 Å². The van der Waals surface area contributed by atoms with E-state index in [1.807, 2.05) is 0 Å². The Morgan fingerprint density at radius 3 is 2.33 bits per heavy atom. The van der Waals surface area contributed by atoms with E-state index in [1.165, 1.54) is 5.48 Å². The van der Waals surface area contributed by atoms with Gasteiger partial charge in [-0.25, -0.2) is 10.5 Å². The van der Waals surface area contributed by atoms with Crippen LogP contribution in [0.25, 0.3) is 0 Å².